The highest BCUT2D eigenvalue weighted by molar-refractivity contribution is 5.78. The molecule has 0 aliphatic carbocycles. The van der Waals surface area contributed by atoms with Crippen LogP contribution in [0.5, 0.6) is 0 Å². The van der Waals surface area contributed by atoms with Gasteiger partial charge in [0.1, 0.15) is 6.26 Å². The number of amides is 1. The van der Waals surface area contributed by atoms with Crippen LogP contribution in [0.4, 0.5) is 0 Å². The smallest absolute Gasteiger partial charge is 0.223 e. The van der Waals surface area contributed by atoms with Crippen LogP contribution in [0.15, 0.2) is 17.0 Å². The minimum absolute atomic E-state index is 0.163. The molecular formula is C12H20N2O2. The third-order valence-corrected chi connectivity index (χ3v) is 2.78. The van der Waals surface area contributed by atoms with Gasteiger partial charge in [0.05, 0.1) is 6.20 Å². The molecule has 0 saturated carbocycles. The van der Waals surface area contributed by atoms with Crippen LogP contribution >= 0.6 is 0 Å². The molecule has 0 radical (unpaired) electrons. The van der Waals surface area contributed by atoms with Gasteiger partial charge in [-0.3, -0.25) is 4.79 Å². The molecule has 0 bridgehead atoms. The Kier molecular flexibility index (Phi) is 5.61. The summed E-state index contributed by atoms with van der Waals surface area (Å²) in [4.78, 5) is 11.6. The molecule has 0 aliphatic heterocycles. The van der Waals surface area contributed by atoms with E-state index in [1.807, 2.05) is 13.8 Å². The van der Waals surface area contributed by atoms with Crippen LogP contribution in [-0.4, -0.2) is 17.6 Å². The summed E-state index contributed by atoms with van der Waals surface area (Å²) >= 11 is 0. The van der Waals surface area contributed by atoms with Gasteiger partial charge in [-0.1, -0.05) is 19.0 Å². The lowest BCUT2D eigenvalue weighted by Gasteiger charge is -2.12. The molecule has 0 atom stereocenters. The lowest BCUT2D eigenvalue weighted by Crippen LogP contribution is -2.31. The number of hydrogen-bond acceptors (Lipinski definition) is 3. The number of carbonyl (C=O) groups excluding carboxylic acids is 1. The summed E-state index contributed by atoms with van der Waals surface area (Å²) in [6.07, 6.45) is 6.99. The van der Waals surface area contributed by atoms with Gasteiger partial charge in [-0.05, 0) is 25.7 Å². The van der Waals surface area contributed by atoms with Crippen LogP contribution in [0.3, 0.4) is 0 Å². The zero-order valence-electron chi connectivity index (χ0n) is 10.0. The lowest BCUT2D eigenvalue weighted by molar-refractivity contribution is -0.125. The molecule has 0 aliphatic rings. The normalized spacial score (nSPS) is 10.7. The molecule has 90 valence electrons. The second kappa shape index (κ2) is 7.04. The first-order valence-electron chi connectivity index (χ1n) is 5.93. The Bertz CT molecular complexity index is 292. The Morgan fingerprint density at radius 3 is 2.81 bits per heavy atom. The largest absolute Gasteiger partial charge is 0.364 e. The molecule has 0 fully saturated rings. The first kappa shape index (κ1) is 12.7. The highest BCUT2D eigenvalue weighted by atomic mass is 16.5. The van der Waals surface area contributed by atoms with Gasteiger partial charge >= 0.3 is 0 Å². The average Bonchev–Trinajstić information content (AvgIpc) is 2.79. The topological polar surface area (TPSA) is 55.1 Å². The van der Waals surface area contributed by atoms with Crippen molar-refractivity contribution in [3.05, 3.63) is 18.0 Å². The number of nitrogens with one attached hydrogen (secondary N) is 1. The second-order valence-corrected chi connectivity index (χ2v) is 3.94. The Balaban J connectivity index is 2.13. The fourth-order valence-electron chi connectivity index (χ4n) is 1.66. The molecule has 4 heteroatoms. The quantitative estimate of drug-likeness (QED) is 0.722. The number of hydrogen-bond donors (Lipinski definition) is 1. The molecule has 1 N–H and O–H groups in total. The van der Waals surface area contributed by atoms with E-state index in [4.69, 9.17) is 4.52 Å². The van der Waals surface area contributed by atoms with Gasteiger partial charge in [0, 0.05) is 18.0 Å². The summed E-state index contributed by atoms with van der Waals surface area (Å²) < 4.78 is 4.73. The summed E-state index contributed by atoms with van der Waals surface area (Å²) in [7, 11) is 0. The van der Waals surface area contributed by atoms with Crippen LogP contribution < -0.4 is 5.32 Å². The number of aryl methyl sites for hydroxylation is 1. The third kappa shape index (κ3) is 4.04. The van der Waals surface area contributed by atoms with E-state index in [0.29, 0.717) is 0 Å². The molecular weight excluding hydrogens is 204 g/mol. The van der Waals surface area contributed by atoms with Crippen molar-refractivity contribution in [1.82, 2.24) is 10.5 Å². The Labute approximate surface area is 96.4 Å². The Morgan fingerprint density at radius 2 is 2.25 bits per heavy atom. The molecule has 1 rings (SSSR count). The highest BCUT2D eigenvalue weighted by Gasteiger charge is 2.12. The number of carbonyl (C=O) groups is 1. The van der Waals surface area contributed by atoms with Crippen LogP contribution in [-0.2, 0) is 11.2 Å². The molecule has 1 aromatic heterocycles. The maximum absolute atomic E-state index is 11.6. The summed E-state index contributed by atoms with van der Waals surface area (Å²) in [6, 6.07) is 0. The van der Waals surface area contributed by atoms with Gasteiger partial charge in [-0.25, -0.2) is 0 Å². The van der Waals surface area contributed by atoms with Gasteiger partial charge in [-0.2, -0.15) is 0 Å². The van der Waals surface area contributed by atoms with E-state index in [-0.39, 0.29) is 11.8 Å². The van der Waals surface area contributed by atoms with Crippen LogP contribution in [0, 0.1) is 5.92 Å². The third-order valence-electron chi connectivity index (χ3n) is 2.78. The molecule has 1 aromatic rings. The Hall–Kier alpha value is -1.32. The molecule has 0 saturated heterocycles. The van der Waals surface area contributed by atoms with E-state index in [1.54, 1.807) is 12.5 Å². The number of aromatic nitrogens is 1. The van der Waals surface area contributed by atoms with Crippen molar-refractivity contribution >= 4 is 5.91 Å². The molecule has 16 heavy (non-hydrogen) atoms. The van der Waals surface area contributed by atoms with Gasteiger partial charge < -0.3 is 9.84 Å². The standard InChI is InChI=1S/C12H20N2O2/c1-3-11(4-2)12(15)13-7-5-6-10-8-14-16-9-10/h8-9,11H,3-7H2,1-2H3,(H,13,15). The first-order chi connectivity index (χ1) is 7.77. The molecule has 1 amide bonds. The number of rotatable bonds is 7. The summed E-state index contributed by atoms with van der Waals surface area (Å²) in [5.41, 5.74) is 1.08. The van der Waals surface area contributed by atoms with Crippen molar-refractivity contribution in [3.63, 3.8) is 0 Å². The van der Waals surface area contributed by atoms with E-state index in [9.17, 15) is 4.79 Å². The molecule has 4 nitrogen and oxygen atoms in total. The van der Waals surface area contributed by atoms with E-state index < -0.39 is 0 Å². The van der Waals surface area contributed by atoms with Crippen LogP contribution in [0.1, 0.15) is 38.7 Å². The summed E-state index contributed by atoms with van der Waals surface area (Å²) in [5, 5.41) is 6.59. The van der Waals surface area contributed by atoms with Gasteiger partial charge in [0.2, 0.25) is 5.91 Å². The van der Waals surface area contributed by atoms with Crippen LogP contribution in [0.25, 0.3) is 0 Å². The SMILES string of the molecule is CCC(CC)C(=O)NCCCc1cnoc1. The van der Waals surface area contributed by atoms with E-state index >= 15 is 0 Å². The molecule has 1 heterocycles. The maximum atomic E-state index is 11.6. The predicted octanol–water partition coefficient (Wildman–Crippen LogP) is 2.16. The molecule has 0 spiro atoms. The second-order valence-electron chi connectivity index (χ2n) is 3.94. The minimum Gasteiger partial charge on any atom is -0.364 e. The van der Waals surface area contributed by atoms with Crippen molar-refractivity contribution in [2.75, 3.05) is 6.54 Å². The van der Waals surface area contributed by atoms with Crippen molar-refractivity contribution in [1.29, 1.82) is 0 Å². The summed E-state index contributed by atoms with van der Waals surface area (Å²) in [5.74, 6) is 0.339. The lowest BCUT2D eigenvalue weighted by atomic mass is 10.0. The van der Waals surface area contributed by atoms with Crippen molar-refractivity contribution < 1.29 is 9.32 Å². The fourth-order valence-corrected chi connectivity index (χ4v) is 1.66. The van der Waals surface area contributed by atoms with Gasteiger partial charge in [0.15, 0.2) is 0 Å². The summed E-state index contributed by atoms with van der Waals surface area (Å²) in [6.45, 7) is 4.82. The van der Waals surface area contributed by atoms with Crippen LogP contribution in [0.2, 0.25) is 0 Å². The minimum atomic E-state index is 0.163. The monoisotopic (exact) mass is 224 g/mol. The van der Waals surface area contributed by atoms with E-state index in [0.717, 1.165) is 37.8 Å². The zero-order chi connectivity index (χ0) is 11.8. The zero-order valence-corrected chi connectivity index (χ0v) is 10.0. The van der Waals surface area contributed by atoms with Gasteiger partial charge in [-0.15, -0.1) is 0 Å². The molecule has 0 aromatic carbocycles. The maximum Gasteiger partial charge on any atom is 0.223 e. The van der Waals surface area contributed by atoms with Crippen molar-refractivity contribution in [3.8, 4) is 0 Å². The average molecular weight is 224 g/mol. The molecule has 0 unspecified atom stereocenters. The van der Waals surface area contributed by atoms with E-state index in [1.165, 1.54) is 0 Å². The Morgan fingerprint density at radius 1 is 1.50 bits per heavy atom. The van der Waals surface area contributed by atoms with Gasteiger partial charge in [0.25, 0.3) is 0 Å². The van der Waals surface area contributed by atoms with Crippen molar-refractivity contribution in [2.45, 2.75) is 39.5 Å². The fraction of sp³-hybridized carbons (Fsp3) is 0.667. The highest BCUT2D eigenvalue weighted by Crippen LogP contribution is 2.07. The number of nitrogens with zero attached hydrogens (tertiary/aromatic N) is 1. The van der Waals surface area contributed by atoms with Crippen molar-refractivity contribution in [2.24, 2.45) is 5.92 Å². The predicted molar refractivity (Wildman–Crippen MR) is 61.9 cm³/mol. The first-order valence-corrected chi connectivity index (χ1v) is 5.93. The van der Waals surface area contributed by atoms with E-state index in [2.05, 4.69) is 10.5 Å².